The Kier molecular flexibility index (Phi) is 4.56. The van der Waals surface area contributed by atoms with Crippen molar-refractivity contribution in [3.63, 3.8) is 0 Å². The van der Waals surface area contributed by atoms with E-state index in [-0.39, 0.29) is 29.9 Å². The lowest BCUT2D eigenvalue weighted by Gasteiger charge is -2.33. The van der Waals surface area contributed by atoms with Crippen molar-refractivity contribution in [1.82, 2.24) is 0 Å². The van der Waals surface area contributed by atoms with Crippen LogP contribution < -0.4 is 9.80 Å². The monoisotopic (exact) mass is 438 g/mol. The number of fused-ring (bicyclic) bond motifs is 2. The van der Waals surface area contributed by atoms with E-state index in [1.54, 1.807) is 46.2 Å². The zero-order chi connectivity index (χ0) is 20.9. The highest BCUT2D eigenvalue weighted by molar-refractivity contribution is 8.02. The number of carbonyl (C=O) groups is 2. The van der Waals surface area contributed by atoms with Gasteiger partial charge in [0, 0.05) is 16.3 Å². The molecule has 3 aromatic carbocycles. The van der Waals surface area contributed by atoms with E-state index in [1.807, 2.05) is 24.3 Å². The highest BCUT2D eigenvalue weighted by Crippen LogP contribution is 2.56. The van der Waals surface area contributed by atoms with E-state index in [0.717, 1.165) is 11.3 Å². The summed E-state index contributed by atoms with van der Waals surface area (Å²) in [7, 11) is 0. The van der Waals surface area contributed by atoms with E-state index in [0.29, 0.717) is 16.3 Å². The minimum absolute atomic E-state index is 0.155. The molecule has 4 nitrogen and oxygen atoms in total. The van der Waals surface area contributed by atoms with Crippen LogP contribution in [0.15, 0.2) is 72.8 Å². The van der Waals surface area contributed by atoms with Crippen LogP contribution in [0.3, 0.4) is 0 Å². The van der Waals surface area contributed by atoms with Gasteiger partial charge in [0.1, 0.15) is 5.82 Å². The number of thioether (sulfide) groups is 1. The Labute approximate surface area is 182 Å². The summed E-state index contributed by atoms with van der Waals surface area (Å²) in [5.74, 6) is -0.546. The van der Waals surface area contributed by atoms with E-state index in [1.165, 1.54) is 23.9 Å². The highest BCUT2D eigenvalue weighted by Gasteiger charge is 2.60. The van der Waals surface area contributed by atoms with Crippen LogP contribution in [0, 0.1) is 5.82 Å². The van der Waals surface area contributed by atoms with Crippen molar-refractivity contribution in [1.29, 1.82) is 0 Å². The Morgan fingerprint density at radius 2 is 1.80 bits per heavy atom. The summed E-state index contributed by atoms with van der Waals surface area (Å²) in [6, 6.07) is 20.6. The quantitative estimate of drug-likeness (QED) is 0.580. The first-order chi connectivity index (χ1) is 14.5. The lowest BCUT2D eigenvalue weighted by atomic mass is 10.0. The predicted molar refractivity (Wildman–Crippen MR) is 117 cm³/mol. The maximum Gasteiger partial charge on any atom is 0.269 e. The number of amides is 2. The third kappa shape index (κ3) is 2.82. The number of anilines is 2. The van der Waals surface area contributed by atoms with Gasteiger partial charge in [-0.2, -0.15) is 0 Å². The first-order valence-electron chi connectivity index (χ1n) is 9.39. The second-order valence-electron chi connectivity index (χ2n) is 7.18. The molecule has 2 heterocycles. The summed E-state index contributed by atoms with van der Waals surface area (Å²) in [4.78, 5) is 28.8. The van der Waals surface area contributed by atoms with Crippen LogP contribution in [0.1, 0.15) is 11.1 Å². The molecule has 0 N–H and O–H groups in total. The maximum atomic E-state index is 13.9. The normalized spacial score (nSPS) is 20.3. The molecular formula is C23H16ClFN2O2S. The first kappa shape index (κ1) is 19.2. The molecular weight excluding hydrogens is 423 g/mol. The van der Waals surface area contributed by atoms with Crippen LogP contribution in [0.2, 0.25) is 5.02 Å². The fourth-order valence-corrected chi connectivity index (χ4v) is 5.69. The zero-order valence-corrected chi connectivity index (χ0v) is 17.3. The Hall–Kier alpha value is -2.83. The van der Waals surface area contributed by atoms with Gasteiger partial charge < -0.3 is 4.90 Å². The lowest BCUT2D eigenvalue weighted by molar-refractivity contribution is -0.123. The molecule has 1 atom stereocenters. The van der Waals surface area contributed by atoms with E-state index in [4.69, 9.17) is 11.6 Å². The van der Waals surface area contributed by atoms with Gasteiger partial charge in [0.15, 0.2) is 0 Å². The summed E-state index contributed by atoms with van der Waals surface area (Å²) in [5.41, 5.74) is 2.73. The predicted octanol–water partition coefficient (Wildman–Crippen LogP) is 4.96. The molecule has 0 radical (unpaired) electrons. The molecule has 5 rings (SSSR count). The third-order valence-corrected chi connectivity index (χ3v) is 6.98. The van der Waals surface area contributed by atoms with Gasteiger partial charge in [-0.05, 0) is 42.0 Å². The fourth-order valence-electron chi connectivity index (χ4n) is 4.15. The average Bonchev–Trinajstić information content (AvgIpc) is 3.19. The van der Waals surface area contributed by atoms with Crippen molar-refractivity contribution < 1.29 is 14.0 Å². The van der Waals surface area contributed by atoms with Gasteiger partial charge in [-0.3, -0.25) is 14.5 Å². The van der Waals surface area contributed by atoms with Crippen LogP contribution in [0.25, 0.3) is 0 Å². The number of rotatable bonds is 3. The van der Waals surface area contributed by atoms with Crippen molar-refractivity contribution in [3.05, 3.63) is 94.8 Å². The van der Waals surface area contributed by atoms with Crippen LogP contribution in [0.4, 0.5) is 15.8 Å². The summed E-state index contributed by atoms with van der Waals surface area (Å²) in [6.45, 7) is 0.216. The summed E-state index contributed by atoms with van der Waals surface area (Å²) >= 11 is 7.48. The van der Waals surface area contributed by atoms with E-state index >= 15 is 0 Å². The van der Waals surface area contributed by atoms with E-state index in [9.17, 15) is 14.0 Å². The minimum atomic E-state index is -1.20. The molecule has 0 aromatic heterocycles. The van der Waals surface area contributed by atoms with Crippen molar-refractivity contribution in [2.45, 2.75) is 11.4 Å². The number of nitrogens with zero attached hydrogens (tertiary/aromatic N) is 2. The molecule has 0 saturated carbocycles. The smallest absolute Gasteiger partial charge is 0.269 e. The van der Waals surface area contributed by atoms with Crippen LogP contribution in [-0.4, -0.2) is 17.6 Å². The Morgan fingerprint density at radius 1 is 1.00 bits per heavy atom. The van der Waals surface area contributed by atoms with Gasteiger partial charge >= 0.3 is 0 Å². The second-order valence-corrected chi connectivity index (χ2v) is 8.78. The molecule has 2 aliphatic rings. The van der Waals surface area contributed by atoms with Crippen LogP contribution in [-0.2, 0) is 21.0 Å². The van der Waals surface area contributed by atoms with Crippen molar-refractivity contribution in [3.8, 4) is 0 Å². The summed E-state index contributed by atoms with van der Waals surface area (Å²) in [6.07, 6.45) is 0. The van der Waals surface area contributed by atoms with Gasteiger partial charge in [-0.15, -0.1) is 11.8 Å². The van der Waals surface area contributed by atoms with Gasteiger partial charge in [-0.25, -0.2) is 4.39 Å². The largest absolute Gasteiger partial charge is 0.304 e. The molecule has 30 heavy (non-hydrogen) atoms. The third-order valence-electron chi connectivity index (χ3n) is 5.36. The van der Waals surface area contributed by atoms with Crippen LogP contribution >= 0.6 is 23.4 Å². The molecule has 0 unspecified atom stereocenters. The SMILES string of the molecule is O=C1CS[C@]2(C(=O)N(Cc3cccc(F)c3)c3ccccc32)N1c1cccc(Cl)c1. The van der Waals surface area contributed by atoms with E-state index < -0.39 is 4.87 Å². The Morgan fingerprint density at radius 3 is 2.60 bits per heavy atom. The number of benzene rings is 3. The van der Waals surface area contributed by atoms with Crippen molar-refractivity contribution >= 4 is 46.6 Å². The molecule has 0 bridgehead atoms. The number of carbonyl (C=O) groups excluding carboxylic acids is 2. The lowest BCUT2D eigenvalue weighted by Crippen LogP contribution is -2.49. The molecule has 1 saturated heterocycles. The van der Waals surface area contributed by atoms with E-state index in [2.05, 4.69) is 0 Å². The minimum Gasteiger partial charge on any atom is -0.304 e. The molecule has 3 aromatic rings. The summed E-state index contributed by atoms with van der Waals surface area (Å²) in [5, 5.41) is 0.489. The molecule has 1 fully saturated rings. The number of halogens is 2. The standard InChI is InChI=1S/C23H16ClFN2O2S/c24-16-6-4-8-18(12-16)27-21(28)14-30-23(27)19-9-1-2-10-20(19)26(22(23)29)13-15-5-3-7-17(25)11-15/h1-12H,13-14H2/t23-/m1/s1. The number of hydrogen-bond donors (Lipinski definition) is 0. The molecule has 2 aliphatic heterocycles. The molecule has 0 aliphatic carbocycles. The fraction of sp³-hybridized carbons (Fsp3) is 0.130. The van der Waals surface area contributed by atoms with Gasteiger partial charge in [0.2, 0.25) is 10.8 Å². The summed E-state index contributed by atoms with van der Waals surface area (Å²) < 4.78 is 13.7. The van der Waals surface area contributed by atoms with Crippen molar-refractivity contribution in [2.75, 3.05) is 15.6 Å². The van der Waals surface area contributed by atoms with Crippen molar-refractivity contribution in [2.24, 2.45) is 0 Å². The molecule has 1 spiro atoms. The number of para-hydroxylation sites is 1. The van der Waals surface area contributed by atoms with Gasteiger partial charge in [0.05, 0.1) is 18.0 Å². The average molecular weight is 439 g/mol. The molecule has 2 amide bonds. The van der Waals surface area contributed by atoms with Crippen LogP contribution in [0.5, 0.6) is 0 Å². The molecule has 150 valence electrons. The van der Waals surface area contributed by atoms with Gasteiger partial charge in [0.25, 0.3) is 5.91 Å². The first-order valence-corrected chi connectivity index (χ1v) is 10.8. The number of hydrogen-bond acceptors (Lipinski definition) is 3. The topological polar surface area (TPSA) is 40.6 Å². The van der Waals surface area contributed by atoms with Gasteiger partial charge in [-0.1, -0.05) is 48.0 Å². The maximum absolute atomic E-state index is 13.9. The Balaban J connectivity index is 1.65. The molecule has 7 heteroatoms. The Bertz CT molecular complexity index is 1190. The highest BCUT2D eigenvalue weighted by atomic mass is 35.5. The second kappa shape index (κ2) is 7.15. The zero-order valence-electron chi connectivity index (χ0n) is 15.7.